The Bertz CT molecular complexity index is 496. The van der Waals surface area contributed by atoms with Crippen LogP contribution in [0.3, 0.4) is 0 Å². The zero-order valence-corrected chi connectivity index (χ0v) is 11.2. The van der Waals surface area contributed by atoms with Crippen molar-refractivity contribution in [1.29, 1.82) is 0 Å². The molecule has 0 aromatic heterocycles. The van der Waals surface area contributed by atoms with Gasteiger partial charge in [-0.05, 0) is 35.4 Å². The fourth-order valence-electron chi connectivity index (χ4n) is 1.72. The van der Waals surface area contributed by atoms with Crippen molar-refractivity contribution in [2.45, 2.75) is 4.90 Å². The SMILES string of the molecule is COc1cccc(-c2ccc(SCCN)cc2)c1. The molecule has 0 aliphatic carbocycles. The van der Waals surface area contributed by atoms with Gasteiger partial charge >= 0.3 is 0 Å². The second kappa shape index (κ2) is 6.47. The van der Waals surface area contributed by atoms with E-state index in [2.05, 4.69) is 30.3 Å². The maximum atomic E-state index is 5.49. The van der Waals surface area contributed by atoms with Crippen molar-refractivity contribution in [3.63, 3.8) is 0 Å². The van der Waals surface area contributed by atoms with Crippen molar-refractivity contribution < 1.29 is 4.74 Å². The van der Waals surface area contributed by atoms with Crippen LogP contribution in [0.25, 0.3) is 11.1 Å². The minimum absolute atomic E-state index is 0.711. The van der Waals surface area contributed by atoms with E-state index in [4.69, 9.17) is 10.5 Å². The third-order valence-corrected chi connectivity index (χ3v) is 3.69. The Labute approximate surface area is 112 Å². The highest BCUT2D eigenvalue weighted by molar-refractivity contribution is 7.99. The third-order valence-electron chi connectivity index (χ3n) is 2.64. The topological polar surface area (TPSA) is 35.2 Å². The van der Waals surface area contributed by atoms with Crippen molar-refractivity contribution in [3.8, 4) is 16.9 Å². The highest BCUT2D eigenvalue weighted by Gasteiger charge is 2.00. The number of nitrogens with two attached hydrogens (primary N) is 1. The highest BCUT2D eigenvalue weighted by atomic mass is 32.2. The minimum atomic E-state index is 0.711. The number of hydrogen-bond acceptors (Lipinski definition) is 3. The zero-order valence-electron chi connectivity index (χ0n) is 10.4. The van der Waals surface area contributed by atoms with E-state index >= 15 is 0 Å². The summed E-state index contributed by atoms with van der Waals surface area (Å²) in [5.41, 5.74) is 7.87. The maximum Gasteiger partial charge on any atom is 0.119 e. The molecule has 2 rings (SSSR count). The van der Waals surface area contributed by atoms with Crippen LogP contribution < -0.4 is 10.5 Å². The molecule has 94 valence electrons. The summed E-state index contributed by atoms with van der Waals surface area (Å²) in [5, 5.41) is 0. The van der Waals surface area contributed by atoms with Crippen LogP contribution in [-0.2, 0) is 0 Å². The van der Waals surface area contributed by atoms with Crippen LogP contribution in [0.5, 0.6) is 5.75 Å². The lowest BCUT2D eigenvalue weighted by Gasteiger charge is -2.06. The number of methoxy groups -OCH3 is 1. The minimum Gasteiger partial charge on any atom is -0.497 e. The molecule has 0 amide bonds. The predicted octanol–water partition coefficient (Wildman–Crippen LogP) is 3.41. The molecule has 0 bridgehead atoms. The molecule has 0 radical (unpaired) electrons. The average Bonchev–Trinajstić information content (AvgIpc) is 2.46. The van der Waals surface area contributed by atoms with Crippen LogP contribution in [0.1, 0.15) is 0 Å². The standard InChI is InChI=1S/C15H17NOS/c1-17-14-4-2-3-13(11-14)12-5-7-15(8-6-12)18-10-9-16/h2-8,11H,9-10,16H2,1H3. The normalized spacial score (nSPS) is 10.3. The second-order valence-corrected chi connectivity index (χ2v) is 5.06. The highest BCUT2D eigenvalue weighted by Crippen LogP contribution is 2.26. The molecule has 18 heavy (non-hydrogen) atoms. The summed E-state index contributed by atoms with van der Waals surface area (Å²) in [6.45, 7) is 0.711. The number of rotatable bonds is 5. The van der Waals surface area contributed by atoms with Crippen LogP contribution in [0.2, 0.25) is 0 Å². The molecule has 2 N–H and O–H groups in total. The first-order valence-electron chi connectivity index (χ1n) is 5.91. The lowest BCUT2D eigenvalue weighted by molar-refractivity contribution is 0.415. The van der Waals surface area contributed by atoms with E-state index in [1.165, 1.54) is 16.0 Å². The fraction of sp³-hybridized carbons (Fsp3) is 0.200. The molecule has 3 heteroatoms. The Morgan fingerprint density at radius 2 is 1.83 bits per heavy atom. The number of benzene rings is 2. The molecule has 2 aromatic rings. The molecule has 0 spiro atoms. The second-order valence-electron chi connectivity index (χ2n) is 3.89. The first-order valence-corrected chi connectivity index (χ1v) is 6.89. The summed E-state index contributed by atoms with van der Waals surface area (Å²) in [7, 11) is 1.69. The average molecular weight is 259 g/mol. The Morgan fingerprint density at radius 1 is 1.06 bits per heavy atom. The van der Waals surface area contributed by atoms with Gasteiger partial charge in [0.15, 0.2) is 0 Å². The molecule has 0 fully saturated rings. The van der Waals surface area contributed by atoms with E-state index in [0.717, 1.165) is 11.5 Å². The Morgan fingerprint density at radius 3 is 2.50 bits per heavy atom. The molecule has 0 aliphatic rings. The van der Waals surface area contributed by atoms with Gasteiger partial charge in [0.2, 0.25) is 0 Å². The monoisotopic (exact) mass is 259 g/mol. The van der Waals surface area contributed by atoms with Gasteiger partial charge in [0.1, 0.15) is 5.75 Å². The Balaban J connectivity index is 2.17. The molecule has 0 heterocycles. The van der Waals surface area contributed by atoms with E-state index in [9.17, 15) is 0 Å². The smallest absolute Gasteiger partial charge is 0.119 e. The number of thioether (sulfide) groups is 1. The molecule has 0 atom stereocenters. The van der Waals surface area contributed by atoms with Gasteiger partial charge in [-0.1, -0.05) is 24.3 Å². The Hall–Kier alpha value is -1.45. The summed E-state index contributed by atoms with van der Waals surface area (Å²) in [5.74, 6) is 1.84. The molecule has 2 aromatic carbocycles. The largest absolute Gasteiger partial charge is 0.497 e. The summed E-state index contributed by atoms with van der Waals surface area (Å²) >= 11 is 1.78. The fourth-order valence-corrected chi connectivity index (χ4v) is 2.41. The van der Waals surface area contributed by atoms with E-state index in [0.29, 0.717) is 6.54 Å². The molecule has 0 saturated heterocycles. The lowest BCUT2D eigenvalue weighted by Crippen LogP contribution is -2.00. The van der Waals surface area contributed by atoms with Gasteiger partial charge < -0.3 is 10.5 Å². The van der Waals surface area contributed by atoms with Crippen LogP contribution in [0, 0.1) is 0 Å². The summed E-state index contributed by atoms with van der Waals surface area (Å²) < 4.78 is 5.24. The van der Waals surface area contributed by atoms with E-state index in [1.54, 1.807) is 18.9 Å². The first kappa shape index (κ1) is 13.0. The van der Waals surface area contributed by atoms with Gasteiger partial charge in [-0.2, -0.15) is 0 Å². The van der Waals surface area contributed by atoms with Gasteiger partial charge in [0, 0.05) is 17.2 Å². The summed E-state index contributed by atoms with van der Waals surface area (Å²) in [4.78, 5) is 1.26. The number of ether oxygens (including phenoxy) is 1. The molecular weight excluding hydrogens is 242 g/mol. The maximum absolute atomic E-state index is 5.49. The predicted molar refractivity (Wildman–Crippen MR) is 78.2 cm³/mol. The van der Waals surface area contributed by atoms with Gasteiger partial charge in [-0.3, -0.25) is 0 Å². The van der Waals surface area contributed by atoms with Crippen LogP contribution in [0.15, 0.2) is 53.4 Å². The molecule has 2 nitrogen and oxygen atoms in total. The summed E-state index contributed by atoms with van der Waals surface area (Å²) in [6, 6.07) is 16.6. The van der Waals surface area contributed by atoms with Crippen LogP contribution >= 0.6 is 11.8 Å². The van der Waals surface area contributed by atoms with Gasteiger partial charge in [-0.15, -0.1) is 11.8 Å². The van der Waals surface area contributed by atoms with Crippen LogP contribution in [0.4, 0.5) is 0 Å². The van der Waals surface area contributed by atoms with E-state index in [1.807, 2.05) is 18.2 Å². The number of hydrogen-bond donors (Lipinski definition) is 1. The van der Waals surface area contributed by atoms with Crippen molar-refractivity contribution in [1.82, 2.24) is 0 Å². The Kier molecular flexibility index (Phi) is 4.67. The first-order chi connectivity index (χ1) is 8.83. The van der Waals surface area contributed by atoms with Gasteiger partial charge in [0.05, 0.1) is 7.11 Å². The van der Waals surface area contributed by atoms with Crippen molar-refractivity contribution >= 4 is 11.8 Å². The molecule has 0 unspecified atom stereocenters. The van der Waals surface area contributed by atoms with Crippen molar-refractivity contribution in [2.75, 3.05) is 19.4 Å². The zero-order chi connectivity index (χ0) is 12.8. The van der Waals surface area contributed by atoms with Crippen molar-refractivity contribution in [3.05, 3.63) is 48.5 Å². The molecule has 0 saturated carbocycles. The molecule has 0 aliphatic heterocycles. The molecular formula is C15H17NOS. The summed E-state index contributed by atoms with van der Waals surface area (Å²) in [6.07, 6.45) is 0. The van der Waals surface area contributed by atoms with Gasteiger partial charge in [-0.25, -0.2) is 0 Å². The van der Waals surface area contributed by atoms with Gasteiger partial charge in [0.25, 0.3) is 0 Å². The van der Waals surface area contributed by atoms with Crippen molar-refractivity contribution in [2.24, 2.45) is 5.73 Å². The quantitative estimate of drug-likeness (QED) is 0.836. The van der Waals surface area contributed by atoms with E-state index < -0.39 is 0 Å². The van der Waals surface area contributed by atoms with Crippen LogP contribution in [-0.4, -0.2) is 19.4 Å². The van der Waals surface area contributed by atoms with E-state index in [-0.39, 0.29) is 0 Å². The third kappa shape index (κ3) is 3.28. The lowest BCUT2D eigenvalue weighted by atomic mass is 10.1.